The number of rotatable bonds is 5. The van der Waals surface area contributed by atoms with Gasteiger partial charge in [-0.1, -0.05) is 12.1 Å². The lowest BCUT2D eigenvalue weighted by Crippen LogP contribution is -2.12. The largest absolute Gasteiger partial charge is 0.481 e. The van der Waals surface area contributed by atoms with E-state index in [0.29, 0.717) is 18.2 Å². The van der Waals surface area contributed by atoms with Gasteiger partial charge in [0.15, 0.2) is 0 Å². The van der Waals surface area contributed by atoms with E-state index < -0.39 is 23.5 Å². The van der Waals surface area contributed by atoms with E-state index in [-0.39, 0.29) is 12.0 Å². The van der Waals surface area contributed by atoms with Gasteiger partial charge in [-0.15, -0.1) is 0 Å². The molecule has 0 saturated carbocycles. The lowest BCUT2D eigenvalue weighted by molar-refractivity contribution is -0.136. The summed E-state index contributed by atoms with van der Waals surface area (Å²) in [5.74, 6) is -3.16. The first-order valence-electron chi connectivity index (χ1n) is 6.52. The van der Waals surface area contributed by atoms with Gasteiger partial charge in [0.1, 0.15) is 11.6 Å². The highest BCUT2D eigenvalue weighted by atomic mass is 19.1. The summed E-state index contributed by atoms with van der Waals surface area (Å²) in [6, 6.07) is 9.15. The van der Waals surface area contributed by atoms with Crippen molar-refractivity contribution in [3.63, 3.8) is 0 Å². The van der Waals surface area contributed by atoms with Crippen molar-refractivity contribution in [1.29, 1.82) is 0 Å². The SMILES string of the molecule is O=C(O)CCc1ccc(NC(=O)c2cc(F)cc(F)c2)cc1. The fraction of sp³-hybridized carbons (Fsp3) is 0.125. The zero-order valence-corrected chi connectivity index (χ0v) is 11.5. The fourth-order valence-corrected chi connectivity index (χ4v) is 1.89. The van der Waals surface area contributed by atoms with Crippen molar-refractivity contribution < 1.29 is 23.5 Å². The molecule has 0 aromatic heterocycles. The van der Waals surface area contributed by atoms with Crippen LogP contribution in [0.3, 0.4) is 0 Å². The molecule has 0 saturated heterocycles. The highest BCUT2D eigenvalue weighted by Crippen LogP contribution is 2.14. The van der Waals surface area contributed by atoms with Crippen molar-refractivity contribution in [1.82, 2.24) is 0 Å². The number of hydrogen-bond donors (Lipinski definition) is 2. The highest BCUT2D eigenvalue weighted by Gasteiger charge is 2.09. The number of amides is 1. The van der Waals surface area contributed by atoms with E-state index in [1.807, 2.05) is 0 Å². The van der Waals surface area contributed by atoms with Gasteiger partial charge in [0, 0.05) is 23.7 Å². The molecule has 0 aliphatic carbocycles. The Morgan fingerprint density at radius 1 is 1.00 bits per heavy atom. The molecule has 22 heavy (non-hydrogen) atoms. The maximum absolute atomic E-state index is 13.1. The minimum Gasteiger partial charge on any atom is -0.481 e. The Morgan fingerprint density at radius 3 is 2.14 bits per heavy atom. The van der Waals surface area contributed by atoms with Gasteiger partial charge in [0.25, 0.3) is 5.91 Å². The number of benzene rings is 2. The summed E-state index contributed by atoms with van der Waals surface area (Å²) in [7, 11) is 0. The van der Waals surface area contributed by atoms with Crippen LogP contribution in [0.1, 0.15) is 22.3 Å². The van der Waals surface area contributed by atoms with Crippen LogP contribution in [0.4, 0.5) is 14.5 Å². The lowest BCUT2D eigenvalue weighted by atomic mass is 10.1. The third-order valence-electron chi connectivity index (χ3n) is 2.96. The zero-order chi connectivity index (χ0) is 16.1. The van der Waals surface area contributed by atoms with Crippen molar-refractivity contribution >= 4 is 17.6 Å². The average molecular weight is 305 g/mol. The molecular formula is C16H13F2NO3. The number of carbonyl (C=O) groups is 2. The Kier molecular flexibility index (Phi) is 4.83. The topological polar surface area (TPSA) is 66.4 Å². The minimum absolute atomic E-state index is 0.0221. The minimum atomic E-state index is -0.884. The van der Waals surface area contributed by atoms with Crippen LogP contribution >= 0.6 is 0 Å². The van der Waals surface area contributed by atoms with E-state index in [2.05, 4.69) is 5.32 Å². The molecule has 0 unspecified atom stereocenters. The van der Waals surface area contributed by atoms with Gasteiger partial charge in [-0.3, -0.25) is 9.59 Å². The molecule has 0 bridgehead atoms. The third kappa shape index (κ3) is 4.37. The summed E-state index contributed by atoms with van der Waals surface area (Å²) in [6.07, 6.45) is 0.410. The molecule has 0 aliphatic rings. The Bertz CT molecular complexity index is 679. The fourth-order valence-electron chi connectivity index (χ4n) is 1.89. The van der Waals surface area contributed by atoms with Crippen LogP contribution in [-0.4, -0.2) is 17.0 Å². The Morgan fingerprint density at radius 2 is 1.59 bits per heavy atom. The molecule has 1 amide bonds. The highest BCUT2D eigenvalue weighted by molar-refractivity contribution is 6.04. The predicted molar refractivity (Wildman–Crippen MR) is 76.7 cm³/mol. The first kappa shape index (κ1) is 15.6. The number of carboxylic acids is 1. The van der Waals surface area contributed by atoms with Crippen molar-refractivity contribution in [2.24, 2.45) is 0 Å². The van der Waals surface area contributed by atoms with Crippen molar-refractivity contribution in [3.05, 3.63) is 65.2 Å². The third-order valence-corrected chi connectivity index (χ3v) is 2.96. The zero-order valence-electron chi connectivity index (χ0n) is 11.5. The van der Waals surface area contributed by atoms with E-state index in [4.69, 9.17) is 5.11 Å². The lowest BCUT2D eigenvalue weighted by Gasteiger charge is -2.07. The second-order valence-corrected chi connectivity index (χ2v) is 4.70. The number of hydrogen-bond acceptors (Lipinski definition) is 2. The van der Waals surface area contributed by atoms with Crippen LogP contribution < -0.4 is 5.32 Å². The summed E-state index contributed by atoms with van der Waals surface area (Å²) < 4.78 is 26.1. The van der Waals surface area contributed by atoms with Gasteiger partial charge < -0.3 is 10.4 Å². The molecule has 2 rings (SSSR count). The molecule has 0 fully saturated rings. The normalized spacial score (nSPS) is 10.3. The maximum atomic E-state index is 13.1. The maximum Gasteiger partial charge on any atom is 0.303 e. The van der Waals surface area contributed by atoms with Gasteiger partial charge >= 0.3 is 5.97 Å². The van der Waals surface area contributed by atoms with Crippen LogP contribution in [0, 0.1) is 11.6 Å². The van der Waals surface area contributed by atoms with Gasteiger partial charge in [0.2, 0.25) is 0 Å². The Balaban J connectivity index is 2.03. The van der Waals surface area contributed by atoms with Crippen molar-refractivity contribution in [2.75, 3.05) is 5.32 Å². The van der Waals surface area contributed by atoms with E-state index in [0.717, 1.165) is 17.7 Å². The second-order valence-electron chi connectivity index (χ2n) is 4.70. The summed E-state index contributed by atoms with van der Waals surface area (Å²) in [4.78, 5) is 22.4. The van der Waals surface area contributed by atoms with Gasteiger partial charge in [-0.25, -0.2) is 8.78 Å². The average Bonchev–Trinajstić information content (AvgIpc) is 2.45. The van der Waals surface area contributed by atoms with Gasteiger partial charge in [0.05, 0.1) is 0 Å². The van der Waals surface area contributed by atoms with E-state index in [1.54, 1.807) is 24.3 Å². The second kappa shape index (κ2) is 6.80. The monoisotopic (exact) mass is 305 g/mol. The first-order valence-corrected chi connectivity index (χ1v) is 6.52. The first-order chi connectivity index (χ1) is 10.4. The molecule has 0 aliphatic heterocycles. The number of carboxylic acid groups (broad SMARTS) is 1. The number of aliphatic carboxylic acids is 1. The molecule has 2 N–H and O–H groups in total. The standard InChI is InChI=1S/C16H13F2NO3/c17-12-7-11(8-13(18)9-12)16(22)19-14-4-1-10(2-5-14)3-6-15(20)21/h1-2,4-5,7-9H,3,6H2,(H,19,22)(H,20,21). The number of aryl methyl sites for hydroxylation is 1. The van der Waals surface area contributed by atoms with Crippen LogP contribution in [0.25, 0.3) is 0 Å². The smallest absolute Gasteiger partial charge is 0.303 e. The molecule has 114 valence electrons. The summed E-state index contributed by atoms with van der Waals surface area (Å²) in [5.41, 5.74) is 1.15. The molecule has 0 atom stereocenters. The molecule has 0 heterocycles. The molecule has 2 aromatic carbocycles. The van der Waals surface area contributed by atoms with E-state index in [1.165, 1.54) is 0 Å². The molecule has 2 aromatic rings. The van der Waals surface area contributed by atoms with Crippen LogP contribution in [0.15, 0.2) is 42.5 Å². The Hall–Kier alpha value is -2.76. The van der Waals surface area contributed by atoms with Crippen molar-refractivity contribution in [3.8, 4) is 0 Å². The predicted octanol–water partition coefficient (Wildman–Crippen LogP) is 3.23. The van der Waals surface area contributed by atoms with Gasteiger partial charge in [-0.05, 0) is 36.2 Å². The summed E-state index contributed by atoms with van der Waals surface area (Å²) in [6.45, 7) is 0. The Labute approximate surface area is 125 Å². The molecule has 4 nitrogen and oxygen atoms in total. The molecular weight excluding hydrogens is 292 g/mol. The van der Waals surface area contributed by atoms with Crippen LogP contribution in [0.5, 0.6) is 0 Å². The summed E-state index contributed by atoms with van der Waals surface area (Å²) in [5, 5.41) is 11.1. The number of anilines is 1. The number of nitrogens with one attached hydrogen (secondary N) is 1. The van der Waals surface area contributed by atoms with Gasteiger partial charge in [-0.2, -0.15) is 0 Å². The van der Waals surface area contributed by atoms with Crippen LogP contribution in [-0.2, 0) is 11.2 Å². The quantitative estimate of drug-likeness (QED) is 0.891. The molecule has 6 heteroatoms. The van der Waals surface area contributed by atoms with Crippen molar-refractivity contribution in [2.45, 2.75) is 12.8 Å². The van der Waals surface area contributed by atoms with E-state index >= 15 is 0 Å². The number of carbonyl (C=O) groups excluding carboxylic acids is 1. The molecule has 0 radical (unpaired) electrons. The number of halogens is 2. The molecule has 0 spiro atoms. The van der Waals surface area contributed by atoms with E-state index in [9.17, 15) is 18.4 Å². The summed E-state index contributed by atoms with van der Waals surface area (Å²) >= 11 is 0. The van der Waals surface area contributed by atoms with Crippen LogP contribution in [0.2, 0.25) is 0 Å².